The summed E-state index contributed by atoms with van der Waals surface area (Å²) in [6, 6.07) is 14.6. The Balaban J connectivity index is 1.95. The maximum absolute atomic E-state index is 9.28. The van der Waals surface area contributed by atoms with Crippen molar-refractivity contribution in [1.29, 1.82) is 0 Å². The summed E-state index contributed by atoms with van der Waals surface area (Å²) in [4.78, 5) is 2.14. The van der Waals surface area contributed by atoms with Crippen molar-refractivity contribution in [2.75, 3.05) is 40.4 Å². The third-order valence-electron chi connectivity index (χ3n) is 3.32. The van der Waals surface area contributed by atoms with Crippen LogP contribution in [-0.4, -0.2) is 35.1 Å². The number of alkyl halides is 2. The average molecular weight is 384 g/mol. The van der Waals surface area contributed by atoms with Crippen molar-refractivity contribution >= 4 is 57.6 Å². The van der Waals surface area contributed by atoms with E-state index in [9.17, 15) is 5.11 Å². The topological polar surface area (TPSA) is 47.5 Å². The van der Waals surface area contributed by atoms with Gasteiger partial charge in [0, 0.05) is 41.9 Å². The lowest BCUT2D eigenvalue weighted by atomic mass is 10.2. The number of thiocarbonyl (C=S) groups is 1. The lowest BCUT2D eigenvalue weighted by Crippen LogP contribution is -2.27. The molecule has 0 aliphatic heterocycles. The molecule has 0 fully saturated rings. The minimum atomic E-state index is 0.216. The van der Waals surface area contributed by atoms with E-state index in [0.717, 1.165) is 30.2 Å². The van der Waals surface area contributed by atoms with E-state index in [-0.39, 0.29) is 5.75 Å². The zero-order valence-corrected chi connectivity index (χ0v) is 15.3. The largest absolute Gasteiger partial charge is 0.508 e. The fourth-order valence-corrected chi connectivity index (χ4v) is 2.81. The molecule has 0 amide bonds. The average Bonchev–Trinajstić information content (AvgIpc) is 2.57. The second kappa shape index (κ2) is 9.57. The molecule has 0 aliphatic rings. The Morgan fingerprint density at radius 3 is 1.79 bits per heavy atom. The van der Waals surface area contributed by atoms with Crippen LogP contribution in [0.1, 0.15) is 0 Å². The molecule has 0 radical (unpaired) electrons. The molecular formula is C17H19Cl2N3OS. The third-order valence-corrected chi connectivity index (χ3v) is 3.87. The van der Waals surface area contributed by atoms with Gasteiger partial charge in [-0.2, -0.15) is 0 Å². The summed E-state index contributed by atoms with van der Waals surface area (Å²) in [5, 5.41) is 15.9. The predicted molar refractivity (Wildman–Crippen MR) is 108 cm³/mol. The highest BCUT2D eigenvalue weighted by atomic mass is 35.5. The number of halogens is 2. The molecular weight excluding hydrogens is 365 g/mol. The van der Waals surface area contributed by atoms with E-state index in [1.54, 1.807) is 24.3 Å². The third kappa shape index (κ3) is 5.74. The molecule has 0 heterocycles. The van der Waals surface area contributed by atoms with Gasteiger partial charge in [-0.05, 0) is 60.7 Å². The molecule has 0 aliphatic carbocycles. The van der Waals surface area contributed by atoms with Crippen LogP contribution in [0.3, 0.4) is 0 Å². The van der Waals surface area contributed by atoms with Gasteiger partial charge in [-0.1, -0.05) is 0 Å². The number of hydrogen-bond donors (Lipinski definition) is 3. The minimum absolute atomic E-state index is 0.216. The molecule has 2 aromatic carbocycles. The molecule has 0 aromatic heterocycles. The molecule has 0 unspecified atom stereocenters. The van der Waals surface area contributed by atoms with Gasteiger partial charge < -0.3 is 20.6 Å². The number of anilines is 3. The zero-order chi connectivity index (χ0) is 17.4. The number of phenols is 1. The van der Waals surface area contributed by atoms with Crippen LogP contribution in [-0.2, 0) is 0 Å². The quantitative estimate of drug-likeness (QED) is 0.373. The fraction of sp³-hybridized carbons (Fsp3) is 0.235. The number of aromatic hydroxyl groups is 1. The molecule has 3 N–H and O–H groups in total. The Morgan fingerprint density at radius 2 is 1.33 bits per heavy atom. The van der Waals surface area contributed by atoms with Gasteiger partial charge in [0.2, 0.25) is 0 Å². The van der Waals surface area contributed by atoms with Gasteiger partial charge in [-0.25, -0.2) is 0 Å². The monoisotopic (exact) mass is 383 g/mol. The number of nitrogens with zero attached hydrogens (tertiary/aromatic N) is 1. The second-order valence-electron chi connectivity index (χ2n) is 5.04. The van der Waals surface area contributed by atoms with Crippen LogP contribution in [0.15, 0.2) is 48.5 Å². The second-order valence-corrected chi connectivity index (χ2v) is 6.20. The molecule has 2 rings (SSSR count). The van der Waals surface area contributed by atoms with Crippen molar-refractivity contribution in [1.82, 2.24) is 0 Å². The summed E-state index contributed by atoms with van der Waals surface area (Å²) in [5.41, 5.74) is 2.75. The van der Waals surface area contributed by atoms with Crippen LogP contribution in [0.5, 0.6) is 5.75 Å². The van der Waals surface area contributed by atoms with Crippen molar-refractivity contribution < 1.29 is 5.11 Å². The van der Waals surface area contributed by atoms with Crippen molar-refractivity contribution in [2.45, 2.75) is 0 Å². The normalized spacial score (nSPS) is 10.2. The molecule has 2 aromatic rings. The summed E-state index contributed by atoms with van der Waals surface area (Å²) >= 11 is 16.9. The molecule has 128 valence electrons. The molecule has 0 spiro atoms. The highest BCUT2D eigenvalue weighted by molar-refractivity contribution is 7.80. The predicted octanol–water partition coefficient (Wildman–Crippen LogP) is 4.49. The van der Waals surface area contributed by atoms with E-state index in [2.05, 4.69) is 15.5 Å². The lowest BCUT2D eigenvalue weighted by molar-refractivity contribution is 0.475. The smallest absolute Gasteiger partial charge is 0.175 e. The number of rotatable bonds is 7. The van der Waals surface area contributed by atoms with Gasteiger partial charge in [0.25, 0.3) is 0 Å². The Kier molecular flexibility index (Phi) is 7.43. The Morgan fingerprint density at radius 1 is 0.875 bits per heavy atom. The molecule has 0 bridgehead atoms. The van der Waals surface area contributed by atoms with Crippen LogP contribution in [0.25, 0.3) is 0 Å². The fourth-order valence-electron chi connectivity index (χ4n) is 2.17. The molecule has 7 heteroatoms. The number of hydrogen-bond acceptors (Lipinski definition) is 3. The number of nitrogens with one attached hydrogen (secondary N) is 2. The van der Waals surface area contributed by atoms with E-state index in [4.69, 9.17) is 35.4 Å². The van der Waals surface area contributed by atoms with Crippen molar-refractivity contribution in [3.05, 3.63) is 48.5 Å². The summed E-state index contributed by atoms with van der Waals surface area (Å²) in [7, 11) is 0. The molecule has 0 saturated carbocycles. The summed E-state index contributed by atoms with van der Waals surface area (Å²) in [6.07, 6.45) is 0. The summed E-state index contributed by atoms with van der Waals surface area (Å²) < 4.78 is 0. The number of benzene rings is 2. The van der Waals surface area contributed by atoms with Crippen molar-refractivity contribution in [2.24, 2.45) is 0 Å². The van der Waals surface area contributed by atoms with Crippen LogP contribution < -0.4 is 15.5 Å². The zero-order valence-electron chi connectivity index (χ0n) is 13.0. The van der Waals surface area contributed by atoms with E-state index in [0.29, 0.717) is 16.9 Å². The van der Waals surface area contributed by atoms with Gasteiger partial charge in [0.05, 0.1) is 0 Å². The van der Waals surface area contributed by atoms with Crippen LogP contribution in [0, 0.1) is 0 Å². The van der Waals surface area contributed by atoms with E-state index >= 15 is 0 Å². The van der Waals surface area contributed by atoms with Gasteiger partial charge in [-0.15, -0.1) is 23.2 Å². The highest BCUT2D eigenvalue weighted by Gasteiger charge is 2.06. The number of phenolic OH excluding ortho intramolecular Hbond substituents is 1. The van der Waals surface area contributed by atoms with Crippen LogP contribution >= 0.6 is 35.4 Å². The summed E-state index contributed by atoms with van der Waals surface area (Å²) in [5.74, 6) is 1.32. The first-order valence-corrected chi connectivity index (χ1v) is 8.94. The maximum Gasteiger partial charge on any atom is 0.175 e. The van der Waals surface area contributed by atoms with Gasteiger partial charge in [0.1, 0.15) is 5.75 Å². The maximum atomic E-state index is 9.28. The van der Waals surface area contributed by atoms with E-state index in [1.165, 1.54) is 0 Å². The van der Waals surface area contributed by atoms with E-state index < -0.39 is 0 Å². The van der Waals surface area contributed by atoms with Gasteiger partial charge in [-0.3, -0.25) is 0 Å². The first-order valence-electron chi connectivity index (χ1n) is 7.46. The first-order chi connectivity index (χ1) is 11.6. The van der Waals surface area contributed by atoms with Gasteiger partial charge in [0.15, 0.2) is 5.11 Å². The Labute approximate surface area is 157 Å². The van der Waals surface area contributed by atoms with Crippen LogP contribution in [0.4, 0.5) is 17.1 Å². The standard InChI is InChI=1S/C17H19Cl2N3OS/c18-9-11-22(12-10-19)15-5-1-13(2-6-15)20-17(24)21-14-3-7-16(23)8-4-14/h1-8,23H,9-12H2,(H2,20,21,24). The van der Waals surface area contributed by atoms with Crippen molar-refractivity contribution in [3.63, 3.8) is 0 Å². The van der Waals surface area contributed by atoms with Gasteiger partial charge >= 0.3 is 0 Å². The molecule has 4 nitrogen and oxygen atoms in total. The summed E-state index contributed by atoms with van der Waals surface area (Å²) in [6.45, 7) is 1.50. The minimum Gasteiger partial charge on any atom is -0.508 e. The van der Waals surface area contributed by atoms with Crippen LogP contribution in [0.2, 0.25) is 0 Å². The lowest BCUT2D eigenvalue weighted by Gasteiger charge is -2.23. The Hall–Kier alpha value is -1.69. The molecule has 0 saturated heterocycles. The molecule has 0 atom stereocenters. The SMILES string of the molecule is Oc1ccc(NC(=S)Nc2ccc(N(CCCl)CCCl)cc2)cc1. The first kappa shape index (κ1) is 18.6. The highest BCUT2D eigenvalue weighted by Crippen LogP contribution is 2.19. The molecule has 24 heavy (non-hydrogen) atoms. The van der Waals surface area contributed by atoms with E-state index in [1.807, 2.05) is 24.3 Å². The van der Waals surface area contributed by atoms with Crippen molar-refractivity contribution in [3.8, 4) is 5.75 Å². The Bertz CT molecular complexity index is 644.